The Morgan fingerprint density at radius 3 is 2.85 bits per heavy atom. The van der Waals surface area contributed by atoms with Crippen LogP contribution in [0.4, 0.5) is 4.79 Å². The maximum atomic E-state index is 12.8. The highest BCUT2D eigenvalue weighted by molar-refractivity contribution is 5.74. The molecule has 3 rings (SSSR count). The van der Waals surface area contributed by atoms with Gasteiger partial charge in [-0.15, -0.1) is 10.2 Å². The number of amides is 2. The standard InChI is InChI=1S/C19H27N5O2/c1-3-11-23-14-21-22-18(23)17-6-4-5-12-24(17)19(25)20-13-15-7-9-16(26-2)10-8-15/h7-10,14,17H,3-6,11-13H2,1-2H3,(H,20,25)/t17-/m0/s1. The van der Waals surface area contributed by atoms with E-state index in [4.69, 9.17) is 4.74 Å². The molecule has 1 aliphatic rings. The second-order valence-corrected chi connectivity index (χ2v) is 6.59. The van der Waals surface area contributed by atoms with E-state index in [0.29, 0.717) is 6.54 Å². The SMILES string of the molecule is CCCn1cnnc1[C@@H]1CCCCN1C(=O)NCc1ccc(OC)cc1. The van der Waals surface area contributed by atoms with Crippen LogP contribution >= 0.6 is 0 Å². The lowest BCUT2D eigenvalue weighted by atomic mass is 10.0. The van der Waals surface area contributed by atoms with E-state index in [9.17, 15) is 4.79 Å². The van der Waals surface area contributed by atoms with Crippen LogP contribution in [-0.2, 0) is 13.1 Å². The van der Waals surface area contributed by atoms with Crippen molar-refractivity contribution >= 4 is 6.03 Å². The third-order valence-corrected chi connectivity index (χ3v) is 4.77. The molecule has 1 saturated heterocycles. The third kappa shape index (κ3) is 4.15. The van der Waals surface area contributed by atoms with Crippen LogP contribution < -0.4 is 10.1 Å². The van der Waals surface area contributed by atoms with Gasteiger partial charge >= 0.3 is 6.03 Å². The Bertz CT molecular complexity index is 713. The zero-order chi connectivity index (χ0) is 18.4. The van der Waals surface area contributed by atoms with E-state index >= 15 is 0 Å². The number of nitrogens with one attached hydrogen (secondary N) is 1. The van der Waals surface area contributed by atoms with Crippen LogP contribution in [0.2, 0.25) is 0 Å². The van der Waals surface area contributed by atoms with Crippen molar-refractivity contribution < 1.29 is 9.53 Å². The number of hydrogen-bond acceptors (Lipinski definition) is 4. The van der Waals surface area contributed by atoms with E-state index in [0.717, 1.165) is 55.9 Å². The Labute approximate surface area is 154 Å². The lowest BCUT2D eigenvalue weighted by Crippen LogP contribution is -2.45. The number of urea groups is 1. The first-order valence-electron chi connectivity index (χ1n) is 9.28. The number of aromatic nitrogens is 3. The van der Waals surface area contributed by atoms with Crippen LogP contribution in [0, 0.1) is 0 Å². The van der Waals surface area contributed by atoms with Crippen molar-refractivity contribution in [2.75, 3.05) is 13.7 Å². The van der Waals surface area contributed by atoms with Crippen LogP contribution in [-0.4, -0.2) is 39.4 Å². The van der Waals surface area contributed by atoms with Gasteiger partial charge in [0, 0.05) is 19.6 Å². The molecule has 2 aromatic rings. The molecule has 0 aliphatic carbocycles. The van der Waals surface area contributed by atoms with Crippen molar-refractivity contribution in [2.24, 2.45) is 0 Å². The summed E-state index contributed by atoms with van der Waals surface area (Å²) in [7, 11) is 1.64. The molecule has 7 nitrogen and oxygen atoms in total. The van der Waals surface area contributed by atoms with Crippen LogP contribution in [0.15, 0.2) is 30.6 Å². The molecular weight excluding hydrogens is 330 g/mol. The van der Waals surface area contributed by atoms with Gasteiger partial charge in [0.05, 0.1) is 13.2 Å². The Morgan fingerprint density at radius 1 is 1.31 bits per heavy atom. The summed E-state index contributed by atoms with van der Waals surface area (Å²) in [5, 5.41) is 11.4. The number of nitrogens with zero attached hydrogens (tertiary/aromatic N) is 4. The summed E-state index contributed by atoms with van der Waals surface area (Å²) >= 11 is 0. The molecule has 0 radical (unpaired) electrons. The fourth-order valence-electron chi connectivity index (χ4n) is 3.40. The molecule has 1 N–H and O–H groups in total. The zero-order valence-electron chi connectivity index (χ0n) is 15.5. The molecule has 140 valence electrons. The number of methoxy groups -OCH3 is 1. The first kappa shape index (κ1) is 18.2. The number of rotatable bonds is 6. The topological polar surface area (TPSA) is 72.3 Å². The summed E-state index contributed by atoms with van der Waals surface area (Å²) in [6.07, 6.45) is 5.83. The summed E-state index contributed by atoms with van der Waals surface area (Å²) in [4.78, 5) is 14.7. The first-order valence-corrected chi connectivity index (χ1v) is 9.28. The van der Waals surface area contributed by atoms with E-state index in [1.807, 2.05) is 29.2 Å². The number of carbonyl (C=O) groups is 1. The monoisotopic (exact) mass is 357 g/mol. The molecule has 1 aromatic carbocycles. The lowest BCUT2D eigenvalue weighted by molar-refractivity contribution is 0.145. The smallest absolute Gasteiger partial charge is 0.318 e. The van der Waals surface area contributed by atoms with Gasteiger partial charge < -0.3 is 19.5 Å². The lowest BCUT2D eigenvalue weighted by Gasteiger charge is -2.35. The molecule has 26 heavy (non-hydrogen) atoms. The molecule has 7 heteroatoms. The van der Waals surface area contributed by atoms with Gasteiger partial charge in [-0.25, -0.2) is 4.79 Å². The second-order valence-electron chi connectivity index (χ2n) is 6.59. The maximum absolute atomic E-state index is 12.8. The fourth-order valence-corrected chi connectivity index (χ4v) is 3.40. The maximum Gasteiger partial charge on any atom is 0.318 e. The third-order valence-electron chi connectivity index (χ3n) is 4.77. The average molecular weight is 357 g/mol. The fraction of sp³-hybridized carbons (Fsp3) is 0.526. The minimum Gasteiger partial charge on any atom is -0.497 e. The van der Waals surface area contributed by atoms with Crippen molar-refractivity contribution in [3.8, 4) is 5.75 Å². The number of hydrogen-bond donors (Lipinski definition) is 1. The number of ether oxygens (including phenoxy) is 1. The van der Waals surface area contributed by atoms with Crippen molar-refractivity contribution in [2.45, 2.75) is 51.7 Å². The van der Waals surface area contributed by atoms with Gasteiger partial charge in [-0.2, -0.15) is 0 Å². The summed E-state index contributed by atoms with van der Waals surface area (Å²) < 4.78 is 7.23. The summed E-state index contributed by atoms with van der Waals surface area (Å²) in [6, 6.07) is 7.68. The van der Waals surface area contributed by atoms with E-state index in [-0.39, 0.29) is 12.1 Å². The van der Waals surface area contributed by atoms with E-state index in [1.54, 1.807) is 13.4 Å². The predicted octanol–water partition coefficient (Wildman–Crippen LogP) is 3.13. The van der Waals surface area contributed by atoms with Gasteiger partial charge in [0.1, 0.15) is 12.1 Å². The molecular formula is C19H27N5O2. The van der Waals surface area contributed by atoms with Crippen molar-refractivity contribution in [1.82, 2.24) is 25.0 Å². The van der Waals surface area contributed by atoms with Gasteiger partial charge in [0.15, 0.2) is 5.82 Å². The summed E-state index contributed by atoms with van der Waals surface area (Å²) in [5.41, 5.74) is 1.04. The number of carbonyl (C=O) groups excluding carboxylic acids is 1. The number of likely N-dealkylation sites (tertiary alicyclic amines) is 1. The molecule has 1 fully saturated rings. The Hall–Kier alpha value is -2.57. The zero-order valence-corrected chi connectivity index (χ0v) is 15.5. The number of piperidine rings is 1. The first-order chi connectivity index (χ1) is 12.7. The molecule has 2 heterocycles. The van der Waals surface area contributed by atoms with Crippen molar-refractivity contribution in [3.63, 3.8) is 0 Å². The summed E-state index contributed by atoms with van der Waals surface area (Å²) in [5.74, 6) is 1.71. The molecule has 1 atom stereocenters. The van der Waals surface area contributed by atoms with Crippen molar-refractivity contribution in [1.29, 1.82) is 0 Å². The van der Waals surface area contributed by atoms with E-state index in [1.165, 1.54) is 0 Å². The average Bonchev–Trinajstić information content (AvgIpc) is 3.15. The molecule has 1 aromatic heterocycles. The molecule has 2 amide bonds. The molecule has 0 unspecified atom stereocenters. The van der Waals surface area contributed by atoms with Crippen LogP contribution in [0.3, 0.4) is 0 Å². The second kappa shape index (κ2) is 8.69. The molecule has 0 spiro atoms. The Balaban J connectivity index is 1.66. The quantitative estimate of drug-likeness (QED) is 0.862. The number of benzene rings is 1. The van der Waals surface area contributed by atoms with Gasteiger partial charge in [0.2, 0.25) is 0 Å². The van der Waals surface area contributed by atoms with Gasteiger partial charge in [0.25, 0.3) is 0 Å². The Morgan fingerprint density at radius 2 is 2.12 bits per heavy atom. The van der Waals surface area contributed by atoms with Gasteiger partial charge in [-0.05, 0) is 43.4 Å². The van der Waals surface area contributed by atoms with Crippen LogP contribution in [0.25, 0.3) is 0 Å². The number of aryl methyl sites for hydroxylation is 1. The highest BCUT2D eigenvalue weighted by Crippen LogP contribution is 2.29. The van der Waals surface area contributed by atoms with Crippen LogP contribution in [0.5, 0.6) is 5.75 Å². The predicted molar refractivity (Wildman–Crippen MR) is 98.8 cm³/mol. The minimum atomic E-state index is -0.0448. The highest BCUT2D eigenvalue weighted by Gasteiger charge is 2.31. The van der Waals surface area contributed by atoms with Crippen LogP contribution in [0.1, 0.15) is 50.0 Å². The van der Waals surface area contributed by atoms with E-state index in [2.05, 4.69) is 27.0 Å². The van der Waals surface area contributed by atoms with Crippen molar-refractivity contribution in [3.05, 3.63) is 42.0 Å². The largest absolute Gasteiger partial charge is 0.497 e. The van der Waals surface area contributed by atoms with E-state index < -0.39 is 0 Å². The molecule has 0 saturated carbocycles. The van der Waals surface area contributed by atoms with Gasteiger partial charge in [-0.3, -0.25) is 0 Å². The normalized spacial score (nSPS) is 17.2. The van der Waals surface area contributed by atoms with Gasteiger partial charge in [-0.1, -0.05) is 19.1 Å². The Kier molecular flexibility index (Phi) is 6.09. The highest BCUT2D eigenvalue weighted by atomic mass is 16.5. The summed E-state index contributed by atoms with van der Waals surface area (Å²) in [6.45, 7) is 4.25. The molecule has 0 bridgehead atoms. The molecule has 1 aliphatic heterocycles. The minimum absolute atomic E-state index is 0.00586.